The minimum Gasteiger partial charge on any atom is -0.497 e. The van der Waals surface area contributed by atoms with Crippen LogP contribution in [0.25, 0.3) is 0 Å². The van der Waals surface area contributed by atoms with Gasteiger partial charge in [-0.05, 0) is 42.2 Å². The number of anilines is 1. The number of carbonyl (C=O) groups excluding carboxylic acids is 2. The summed E-state index contributed by atoms with van der Waals surface area (Å²) in [6, 6.07) is 14.4. The normalized spacial score (nSPS) is 20.4. The molecular formula is C24H24N4O3S. The van der Waals surface area contributed by atoms with Crippen LogP contribution in [0.3, 0.4) is 0 Å². The number of likely N-dealkylation sites (N-methyl/N-ethyl adjacent to an activating group) is 1. The van der Waals surface area contributed by atoms with Crippen LogP contribution in [0.15, 0.2) is 48.5 Å². The lowest BCUT2D eigenvalue weighted by atomic mass is 9.79. The highest BCUT2D eigenvalue weighted by Crippen LogP contribution is 2.43. The first kappa shape index (κ1) is 20.6. The molecule has 0 radical (unpaired) electrons. The van der Waals surface area contributed by atoms with Crippen molar-refractivity contribution in [3.8, 4) is 5.75 Å². The minimum absolute atomic E-state index is 0.103. The van der Waals surface area contributed by atoms with E-state index in [1.165, 1.54) is 17.8 Å². The molecule has 1 N–H and O–H groups in total. The van der Waals surface area contributed by atoms with Gasteiger partial charge in [0.2, 0.25) is 11.0 Å². The Labute approximate surface area is 190 Å². The van der Waals surface area contributed by atoms with Crippen molar-refractivity contribution in [3.63, 3.8) is 0 Å². The van der Waals surface area contributed by atoms with Crippen LogP contribution in [0.2, 0.25) is 0 Å². The molecule has 1 saturated carbocycles. The number of amides is 2. The summed E-state index contributed by atoms with van der Waals surface area (Å²) in [5.41, 5.74) is 2.13. The van der Waals surface area contributed by atoms with Crippen molar-refractivity contribution in [1.82, 2.24) is 15.1 Å². The fourth-order valence-corrected chi connectivity index (χ4v) is 5.38. The second-order valence-electron chi connectivity index (χ2n) is 8.26. The van der Waals surface area contributed by atoms with Crippen molar-refractivity contribution in [2.75, 3.05) is 19.5 Å². The van der Waals surface area contributed by atoms with Crippen LogP contribution in [0.4, 0.5) is 5.13 Å². The van der Waals surface area contributed by atoms with Crippen LogP contribution in [-0.4, -0.2) is 41.1 Å². The van der Waals surface area contributed by atoms with Crippen LogP contribution < -0.4 is 10.1 Å². The fraction of sp³-hybridized carbons (Fsp3) is 0.333. The van der Waals surface area contributed by atoms with Gasteiger partial charge in [-0.25, -0.2) is 0 Å². The van der Waals surface area contributed by atoms with Gasteiger partial charge in [-0.15, -0.1) is 10.2 Å². The van der Waals surface area contributed by atoms with Gasteiger partial charge in [0, 0.05) is 18.5 Å². The molecule has 0 bridgehead atoms. The van der Waals surface area contributed by atoms with Crippen LogP contribution >= 0.6 is 11.3 Å². The average molecular weight is 449 g/mol. The van der Waals surface area contributed by atoms with Crippen molar-refractivity contribution in [1.29, 1.82) is 0 Å². The summed E-state index contributed by atoms with van der Waals surface area (Å²) in [5, 5.41) is 12.9. The number of hydrogen-bond acceptors (Lipinski definition) is 6. The molecule has 3 aromatic rings. The van der Waals surface area contributed by atoms with E-state index in [9.17, 15) is 9.59 Å². The molecule has 164 valence electrons. The van der Waals surface area contributed by atoms with E-state index in [-0.39, 0.29) is 11.8 Å². The summed E-state index contributed by atoms with van der Waals surface area (Å²) in [6.45, 7) is 0. The number of aromatic nitrogens is 2. The monoisotopic (exact) mass is 448 g/mol. The van der Waals surface area contributed by atoms with Gasteiger partial charge >= 0.3 is 0 Å². The maximum atomic E-state index is 13.6. The van der Waals surface area contributed by atoms with Gasteiger partial charge in [0.05, 0.1) is 19.1 Å². The van der Waals surface area contributed by atoms with Crippen molar-refractivity contribution in [3.05, 3.63) is 70.2 Å². The van der Waals surface area contributed by atoms with E-state index >= 15 is 0 Å². The second kappa shape index (κ2) is 8.35. The number of hydrogen-bond donors (Lipinski definition) is 1. The Bertz CT molecular complexity index is 1160. The van der Waals surface area contributed by atoms with E-state index in [0.717, 1.165) is 34.7 Å². The molecule has 2 aromatic carbocycles. The van der Waals surface area contributed by atoms with Gasteiger partial charge in [-0.1, -0.05) is 48.1 Å². The first-order valence-electron chi connectivity index (χ1n) is 10.7. The number of fused-ring (bicyclic) bond motifs is 1. The Hall–Kier alpha value is -3.26. The maximum absolute atomic E-state index is 13.6. The largest absolute Gasteiger partial charge is 0.497 e. The molecule has 1 aliphatic heterocycles. The van der Waals surface area contributed by atoms with E-state index in [4.69, 9.17) is 4.74 Å². The van der Waals surface area contributed by atoms with Gasteiger partial charge in [-0.2, -0.15) is 0 Å². The van der Waals surface area contributed by atoms with Gasteiger partial charge in [-0.3, -0.25) is 14.9 Å². The lowest BCUT2D eigenvalue weighted by molar-refractivity contribution is -0.119. The maximum Gasteiger partial charge on any atom is 0.254 e. The third-order valence-electron chi connectivity index (χ3n) is 6.44. The highest BCUT2D eigenvalue weighted by atomic mass is 32.1. The summed E-state index contributed by atoms with van der Waals surface area (Å²) < 4.78 is 5.28. The zero-order valence-electron chi connectivity index (χ0n) is 17.9. The zero-order valence-corrected chi connectivity index (χ0v) is 18.8. The van der Waals surface area contributed by atoms with Gasteiger partial charge in [0.1, 0.15) is 10.8 Å². The molecule has 2 heterocycles. The highest BCUT2D eigenvalue weighted by Gasteiger charge is 2.42. The van der Waals surface area contributed by atoms with E-state index in [0.29, 0.717) is 16.6 Å². The third kappa shape index (κ3) is 3.54. The molecule has 32 heavy (non-hydrogen) atoms. The van der Waals surface area contributed by atoms with Gasteiger partial charge in [0.15, 0.2) is 0 Å². The van der Waals surface area contributed by atoms with Gasteiger partial charge < -0.3 is 9.64 Å². The number of methoxy groups -OCH3 is 1. The Morgan fingerprint density at radius 2 is 1.88 bits per heavy atom. The standard InChI is InChI=1S/C24H24N4O3S/c1-28-20(14-10-12-16(31-2)13-11-14)19(17-8-3-4-9-18(17)23(28)30)21(29)25-24-27-26-22(32-24)15-6-5-7-15/h3-4,8-13,15,19-20H,5-7H2,1-2H3,(H,25,27,29). The predicted molar refractivity (Wildman–Crippen MR) is 122 cm³/mol. The summed E-state index contributed by atoms with van der Waals surface area (Å²) in [6.07, 6.45) is 3.48. The molecular weight excluding hydrogens is 424 g/mol. The average Bonchev–Trinajstić information content (AvgIpc) is 3.22. The summed E-state index contributed by atoms with van der Waals surface area (Å²) >= 11 is 1.44. The lowest BCUT2D eigenvalue weighted by Gasteiger charge is -2.39. The molecule has 8 heteroatoms. The van der Waals surface area contributed by atoms with Crippen LogP contribution in [0.5, 0.6) is 5.75 Å². The lowest BCUT2D eigenvalue weighted by Crippen LogP contribution is -2.44. The molecule has 0 saturated heterocycles. The molecule has 2 amide bonds. The van der Waals surface area contributed by atoms with E-state index < -0.39 is 12.0 Å². The Kier molecular flexibility index (Phi) is 5.38. The number of rotatable bonds is 5. The SMILES string of the molecule is COc1ccc(C2C(C(=O)Nc3nnc(C4CCC4)s3)c3ccccc3C(=O)N2C)cc1. The third-order valence-corrected chi connectivity index (χ3v) is 7.45. The van der Waals surface area contributed by atoms with Crippen LogP contribution in [0, 0.1) is 0 Å². The topological polar surface area (TPSA) is 84.4 Å². The Morgan fingerprint density at radius 3 is 2.56 bits per heavy atom. The van der Waals surface area contributed by atoms with Gasteiger partial charge in [0.25, 0.3) is 5.91 Å². The number of benzene rings is 2. The predicted octanol–water partition coefficient (Wildman–Crippen LogP) is 4.36. The first-order chi connectivity index (χ1) is 15.6. The van der Waals surface area contributed by atoms with Crippen molar-refractivity contribution in [2.24, 2.45) is 0 Å². The van der Waals surface area contributed by atoms with Crippen LogP contribution in [-0.2, 0) is 4.79 Å². The number of ether oxygens (including phenoxy) is 1. The Morgan fingerprint density at radius 1 is 1.12 bits per heavy atom. The molecule has 2 atom stereocenters. The summed E-state index contributed by atoms with van der Waals surface area (Å²) in [5.74, 6) is 0.294. The smallest absolute Gasteiger partial charge is 0.254 e. The molecule has 2 unspecified atom stereocenters. The van der Waals surface area contributed by atoms with E-state index in [1.54, 1.807) is 25.1 Å². The summed E-state index contributed by atoms with van der Waals surface area (Å²) in [7, 11) is 3.35. The number of nitrogens with zero attached hydrogens (tertiary/aromatic N) is 3. The highest BCUT2D eigenvalue weighted by molar-refractivity contribution is 7.15. The first-order valence-corrected chi connectivity index (χ1v) is 11.5. The Balaban J connectivity index is 1.51. The molecule has 2 aliphatic rings. The minimum atomic E-state index is -0.585. The number of carbonyl (C=O) groups is 2. The second-order valence-corrected chi connectivity index (χ2v) is 9.27. The summed E-state index contributed by atoms with van der Waals surface area (Å²) in [4.78, 5) is 28.4. The van der Waals surface area contributed by atoms with Crippen molar-refractivity contribution >= 4 is 28.3 Å². The molecule has 7 nitrogen and oxygen atoms in total. The van der Waals surface area contributed by atoms with Crippen molar-refractivity contribution < 1.29 is 14.3 Å². The molecule has 1 aliphatic carbocycles. The van der Waals surface area contributed by atoms with Crippen molar-refractivity contribution in [2.45, 2.75) is 37.1 Å². The van der Waals surface area contributed by atoms with E-state index in [2.05, 4.69) is 15.5 Å². The molecule has 1 fully saturated rings. The van der Waals surface area contributed by atoms with E-state index in [1.807, 2.05) is 42.5 Å². The van der Waals surface area contributed by atoms with Crippen LogP contribution in [0.1, 0.15) is 63.6 Å². The number of nitrogens with one attached hydrogen (secondary N) is 1. The zero-order chi connectivity index (χ0) is 22.2. The molecule has 5 rings (SSSR count). The molecule has 0 spiro atoms. The fourth-order valence-electron chi connectivity index (χ4n) is 4.46. The molecule has 1 aromatic heterocycles. The quantitative estimate of drug-likeness (QED) is 0.627.